The SMILES string of the molecule is Cl.NC1(CCC(=O)O)CCCC1. The van der Waals surface area contributed by atoms with E-state index in [0.29, 0.717) is 6.42 Å². The second kappa shape index (κ2) is 4.67. The lowest BCUT2D eigenvalue weighted by Crippen LogP contribution is -2.36. The van der Waals surface area contributed by atoms with Gasteiger partial charge < -0.3 is 10.8 Å². The van der Waals surface area contributed by atoms with Crippen LogP contribution in [0.1, 0.15) is 38.5 Å². The second-order valence-electron chi connectivity index (χ2n) is 3.46. The van der Waals surface area contributed by atoms with Gasteiger partial charge in [-0.05, 0) is 19.3 Å². The van der Waals surface area contributed by atoms with Crippen LogP contribution < -0.4 is 5.73 Å². The Bertz CT molecular complexity index is 155. The van der Waals surface area contributed by atoms with E-state index in [0.717, 1.165) is 25.7 Å². The Balaban J connectivity index is 0.00000121. The van der Waals surface area contributed by atoms with Crippen molar-refractivity contribution in [2.45, 2.75) is 44.1 Å². The zero-order valence-electron chi connectivity index (χ0n) is 7.08. The molecule has 3 nitrogen and oxygen atoms in total. The van der Waals surface area contributed by atoms with E-state index in [2.05, 4.69) is 0 Å². The molecule has 3 N–H and O–H groups in total. The van der Waals surface area contributed by atoms with Crippen LogP contribution in [0.25, 0.3) is 0 Å². The van der Waals surface area contributed by atoms with Crippen molar-refractivity contribution in [2.24, 2.45) is 5.73 Å². The third-order valence-electron chi connectivity index (χ3n) is 2.44. The summed E-state index contributed by atoms with van der Waals surface area (Å²) in [5.41, 5.74) is 5.79. The molecule has 0 aromatic rings. The van der Waals surface area contributed by atoms with Crippen LogP contribution in [0.15, 0.2) is 0 Å². The van der Waals surface area contributed by atoms with Gasteiger partial charge in [0.2, 0.25) is 0 Å². The molecular formula is C8H16ClNO2. The van der Waals surface area contributed by atoms with Gasteiger partial charge in [-0.3, -0.25) is 4.79 Å². The molecule has 1 rings (SSSR count). The van der Waals surface area contributed by atoms with Gasteiger partial charge in [0.1, 0.15) is 0 Å². The molecule has 12 heavy (non-hydrogen) atoms. The van der Waals surface area contributed by atoms with Gasteiger partial charge in [-0.15, -0.1) is 12.4 Å². The van der Waals surface area contributed by atoms with Crippen LogP contribution in [0.2, 0.25) is 0 Å². The Labute approximate surface area is 78.7 Å². The number of carbonyl (C=O) groups is 1. The van der Waals surface area contributed by atoms with E-state index < -0.39 is 5.97 Å². The molecule has 72 valence electrons. The van der Waals surface area contributed by atoms with Gasteiger partial charge in [0.05, 0.1) is 0 Å². The summed E-state index contributed by atoms with van der Waals surface area (Å²) in [4.78, 5) is 10.2. The fraction of sp³-hybridized carbons (Fsp3) is 0.875. The van der Waals surface area contributed by atoms with Crippen LogP contribution >= 0.6 is 12.4 Å². The molecule has 1 aliphatic rings. The largest absolute Gasteiger partial charge is 0.481 e. The molecule has 0 spiro atoms. The number of aliphatic carboxylic acids is 1. The maximum absolute atomic E-state index is 10.2. The number of hydrogen-bond acceptors (Lipinski definition) is 2. The Morgan fingerprint density at radius 2 is 1.92 bits per heavy atom. The van der Waals surface area contributed by atoms with E-state index in [1.54, 1.807) is 0 Å². The van der Waals surface area contributed by atoms with Gasteiger partial charge >= 0.3 is 5.97 Å². The summed E-state index contributed by atoms with van der Waals surface area (Å²) in [7, 11) is 0. The molecule has 0 heterocycles. The minimum Gasteiger partial charge on any atom is -0.481 e. The second-order valence-corrected chi connectivity index (χ2v) is 3.46. The van der Waals surface area contributed by atoms with Crippen molar-refractivity contribution in [3.63, 3.8) is 0 Å². The van der Waals surface area contributed by atoms with Crippen LogP contribution in [-0.2, 0) is 4.79 Å². The minimum atomic E-state index is -0.735. The van der Waals surface area contributed by atoms with Crippen molar-refractivity contribution >= 4 is 18.4 Å². The highest BCUT2D eigenvalue weighted by Crippen LogP contribution is 2.30. The Hall–Kier alpha value is -0.280. The Morgan fingerprint density at radius 1 is 1.42 bits per heavy atom. The first-order valence-electron chi connectivity index (χ1n) is 4.13. The summed E-state index contributed by atoms with van der Waals surface area (Å²) < 4.78 is 0. The van der Waals surface area contributed by atoms with E-state index >= 15 is 0 Å². The van der Waals surface area contributed by atoms with Crippen molar-refractivity contribution in [2.75, 3.05) is 0 Å². The van der Waals surface area contributed by atoms with E-state index in [9.17, 15) is 4.79 Å². The molecule has 0 aromatic heterocycles. The summed E-state index contributed by atoms with van der Waals surface area (Å²) in [5.74, 6) is -0.735. The standard InChI is InChI=1S/C8H15NO2.ClH/c9-8(4-1-2-5-8)6-3-7(10)11;/h1-6,9H2,(H,10,11);1H. The Morgan fingerprint density at radius 3 is 2.33 bits per heavy atom. The summed E-state index contributed by atoms with van der Waals surface area (Å²) in [6.45, 7) is 0. The fourth-order valence-corrected chi connectivity index (χ4v) is 1.69. The maximum Gasteiger partial charge on any atom is 0.303 e. The number of hydrogen-bond donors (Lipinski definition) is 2. The fourth-order valence-electron chi connectivity index (χ4n) is 1.69. The molecule has 0 aliphatic heterocycles. The molecule has 0 saturated heterocycles. The van der Waals surface area contributed by atoms with Gasteiger partial charge in [0.25, 0.3) is 0 Å². The smallest absolute Gasteiger partial charge is 0.303 e. The van der Waals surface area contributed by atoms with Crippen molar-refractivity contribution in [1.82, 2.24) is 0 Å². The molecule has 0 bridgehead atoms. The van der Waals surface area contributed by atoms with Gasteiger partial charge in [-0.2, -0.15) is 0 Å². The first-order valence-corrected chi connectivity index (χ1v) is 4.13. The summed E-state index contributed by atoms with van der Waals surface area (Å²) in [6, 6.07) is 0. The van der Waals surface area contributed by atoms with Gasteiger partial charge in [-0.25, -0.2) is 0 Å². The molecule has 0 radical (unpaired) electrons. The molecular weight excluding hydrogens is 178 g/mol. The molecule has 4 heteroatoms. The average molecular weight is 194 g/mol. The highest BCUT2D eigenvalue weighted by atomic mass is 35.5. The highest BCUT2D eigenvalue weighted by Gasteiger charge is 2.29. The number of nitrogens with two attached hydrogens (primary N) is 1. The molecule has 1 aliphatic carbocycles. The third kappa shape index (κ3) is 3.41. The lowest BCUT2D eigenvalue weighted by molar-refractivity contribution is -0.137. The monoisotopic (exact) mass is 193 g/mol. The van der Waals surface area contributed by atoms with Crippen LogP contribution in [0.4, 0.5) is 0 Å². The summed E-state index contributed by atoms with van der Waals surface area (Å²) >= 11 is 0. The van der Waals surface area contributed by atoms with Crippen LogP contribution in [0.3, 0.4) is 0 Å². The lowest BCUT2D eigenvalue weighted by Gasteiger charge is -2.21. The van der Waals surface area contributed by atoms with E-state index in [4.69, 9.17) is 10.8 Å². The van der Waals surface area contributed by atoms with Crippen LogP contribution in [0, 0.1) is 0 Å². The lowest BCUT2D eigenvalue weighted by atomic mass is 9.93. The van der Waals surface area contributed by atoms with Gasteiger partial charge in [0, 0.05) is 12.0 Å². The van der Waals surface area contributed by atoms with Gasteiger partial charge in [0.15, 0.2) is 0 Å². The average Bonchev–Trinajstić information content (AvgIpc) is 2.33. The van der Waals surface area contributed by atoms with Crippen LogP contribution in [0.5, 0.6) is 0 Å². The van der Waals surface area contributed by atoms with Crippen molar-refractivity contribution in [1.29, 1.82) is 0 Å². The molecule has 0 amide bonds. The molecule has 0 aromatic carbocycles. The first kappa shape index (κ1) is 11.7. The number of carboxylic acid groups (broad SMARTS) is 1. The van der Waals surface area contributed by atoms with E-state index in [-0.39, 0.29) is 24.4 Å². The maximum atomic E-state index is 10.2. The van der Waals surface area contributed by atoms with Gasteiger partial charge in [-0.1, -0.05) is 12.8 Å². The predicted molar refractivity (Wildman–Crippen MR) is 49.5 cm³/mol. The molecule has 0 unspecified atom stereocenters. The first-order chi connectivity index (χ1) is 5.12. The Kier molecular flexibility index (Phi) is 4.57. The topological polar surface area (TPSA) is 63.3 Å². The number of rotatable bonds is 3. The van der Waals surface area contributed by atoms with Crippen molar-refractivity contribution in [3.05, 3.63) is 0 Å². The molecule has 1 fully saturated rings. The van der Waals surface area contributed by atoms with Crippen molar-refractivity contribution in [3.8, 4) is 0 Å². The zero-order chi connectivity index (χ0) is 8.32. The predicted octanol–water partition coefficient (Wildman–Crippen LogP) is 1.54. The highest BCUT2D eigenvalue weighted by molar-refractivity contribution is 5.85. The van der Waals surface area contributed by atoms with Crippen LogP contribution in [-0.4, -0.2) is 16.6 Å². The zero-order valence-corrected chi connectivity index (χ0v) is 7.90. The summed E-state index contributed by atoms with van der Waals surface area (Å²) in [6.07, 6.45) is 5.19. The molecule has 0 atom stereocenters. The number of carboxylic acids is 1. The van der Waals surface area contributed by atoms with E-state index in [1.807, 2.05) is 0 Å². The normalized spacial score (nSPS) is 20.1. The van der Waals surface area contributed by atoms with E-state index in [1.165, 1.54) is 0 Å². The van der Waals surface area contributed by atoms with Crippen molar-refractivity contribution < 1.29 is 9.90 Å². The number of halogens is 1. The summed E-state index contributed by atoms with van der Waals surface area (Å²) in [5, 5.41) is 8.43. The third-order valence-corrected chi connectivity index (χ3v) is 2.44. The molecule has 1 saturated carbocycles. The minimum absolute atomic E-state index is 0. The quantitative estimate of drug-likeness (QED) is 0.715.